The van der Waals surface area contributed by atoms with Gasteiger partial charge in [-0.3, -0.25) is 15.3 Å². The first-order valence-electron chi connectivity index (χ1n) is 10.4. The number of carbonyl (C=O) groups is 1. The van der Waals surface area contributed by atoms with Crippen molar-refractivity contribution < 1.29 is 9.18 Å². The Kier molecular flexibility index (Phi) is 5.61. The van der Waals surface area contributed by atoms with Crippen LogP contribution in [0, 0.1) is 5.82 Å². The number of nitrogens with one attached hydrogen (secondary N) is 3. The third-order valence-corrected chi connectivity index (χ3v) is 5.03. The van der Waals surface area contributed by atoms with Gasteiger partial charge in [-0.1, -0.05) is 26.8 Å². The van der Waals surface area contributed by atoms with Gasteiger partial charge in [-0.2, -0.15) is 0 Å². The van der Waals surface area contributed by atoms with Gasteiger partial charge in [0.05, 0.1) is 5.52 Å². The van der Waals surface area contributed by atoms with E-state index in [9.17, 15) is 9.18 Å². The molecule has 0 aliphatic heterocycles. The van der Waals surface area contributed by atoms with Crippen molar-refractivity contribution in [3.05, 3.63) is 60.3 Å². The zero-order valence-electron chi connectivity index (χ0n) is 18.5. The van der Waals surface area contributed by atoms with Crippen molar-refractivity contribution in [3.8, 4) is 22.4 Å². The number of anilines is 1. The number of rotatable bonds is 4. The molecule has 0 aliphatic rings. The van der Waals surface area contributed by atoms with Gasteiger partial charge in [0.25, 0.3) is 0 Å². The van der Waals surface area contributed by atoms with Crippen molar-refractivity contribution in [3.63, 3.8) is 0 Å². The summed E-state index contributed by atoms with van der Waals surface area (Å²) in [5, 5.41) is 5.32. The number of carbonyl (C=O) groups excluding carboxylic acids is 1. The summed E-state index contributed by atoms with van der Waals surface area (Å²) in [6.45, 7) is 8.63. The average Bonchev–Trinajstić information content (AvgIpc) is 3.15. The maximum atomic E-state index is 14.6. The lowest BCUT2D eigenvalue weighted by atomic mass is 9.91. The molecule has 0 saturated carbocycles. The molecule has 3 heterocycles. The highest BCUT2D eigenvalue weighted by Crippen LogP contribution is 2.34. The summed E-state index contributed by atoms with van der Waals surface area (Å²) in [5.74, 6) is -0.185. The molecule has 3 aromatic heterocycles. The Morgan fingerprint density at radius 3 is 2.59 bits per heavy atom. The number of urea groups is 1. The number of fused-ring (bicyclic) bond motifs is 1. The zero-order valence-corrected chi connectivity index (χ0v) is 18.5. The Morgan fingerprint density at radius 1 is 1.12 bits per heavy atom. The third-order valence-electron chi connectivity index (χ3n) is 5.03. The number of aromatic nitrogens is 4. The van der Waals surface area contributed by atoms with Crippen LogP contribution in [0.4, 0.5) is 15.1 Å². The summed E-state index contributed by atoms with van der Waals surface area (Å²) in [7, 11) is 0. The summed E-state index contributed by atoms with van der Waals surface area (Å²) in [4.78, 5) is 28.4. The second-order valence-corrected chi connectivity index (χ2v) is 8.51. The van der Waals surface area contributed by atoms with Crippen LogP contribution in [0.1, 0.15) is 33.4 Å². The number of hydrogen-bond donors (Lipinski definition) is 3. The van der Waals surface area contributed by atoms with Crippen LogP contribution in [0.5, 0.6) is 0 Å². The Labute approximate surface area is 185 Å². The third kappa shape index (κ3) is 4.30. The summed E-state index contributed by atoms with van der Waals surface area (Å²) < 4.78 is 14.6. The maximum Gasteiger partial charge on any atom is 0.321 e. The van der Waals surface area contributed by atoms with Crippen LogP contribution >= 0.6 is 0 Å². The van der Waals surface area contributed by atoms with E-state index >= 15 is 0 Å². The lowest BCUT2D eigenvalue weighted by molar-refractivity contribution is 0.252. The molecule has 4 rings (SSSR count). The normalized spacial score (nSPS) is 11.5. The minimum absolute atomic E-state index is 0.0618. The number of H-pyrrole nitrogens is 1. The molecule has 0 bridgehead atoms. The molecule has 0 saturated heterocycles. The highest BCUT2D eigenvalue weighted by Gasteiger charge is 2.18. The molecule has 1 aromatic carbocycles. The van der Waals surface area contributed by atoms with E-state index in [0.717, 1.165) is 16.8 Å². The highest BCUT2D eigenvalue weighted by molar-refractivity contribution is 5.98. The van der Waals surface area contributed by atoms with E-state index < -0.39 is 5.82 Å². The monoisotopic (exact) mass is 432 g/mol. The van der Waals surface area contributed by atoms with Crippen LogP contribution < -0.4 is 10.6 Å². The van der Waals surface area contributed by atoms with Crippen molar-refractivity contribution >= 4 is 23.0 Å². The Bertz CT molecular complexity index is 1270. The van der Waals surface area contributed by atoms with E-state index in [-0.39, 0.29) is 23.1 Å². The van der Waals surface area contributed by atoms with Gasteiger partial charge in [-0.25, -0.2) is 14.2 Å². The molecular weight excluding hydrogens is 407 g/mol. The van der Waals surface area contributed by atoms with E-state index in [1.807, 2.05) is 37.4 Å². The molecule has 0 unspecified atom stereocenters. The molecule has 4 aromatic rings. The summed E-state index contributed by atoms with van der Waals surface area (Å²) in [6, 6.07) is 10.3. The Balaban J connectivity index is 1.86. The molecular formula is C24H25FN6O. The Hall–Kier alpha value is -3.81. The van der Waals surface area contributed by atoms with Gasteiger partial charge in [0.2, 0.25) is 5.95 Å². The first kappa shape index (κ1) is 21.4. The van der Waals surface area contributed by atoms with Crippen molar-refractivity contribution in [2.45, 2.75) is 33.1 Å². The van der Waals surface area contributed by atoms with Crippen molar-refractivity contribution in [2.75, 3.05) is 11.9 Å². The van der Waals surface area contributed by atoms with Gasteiger partial charge in [-0.15, -0.1) is 0 Å². The van der Waals surface area contributed by atoms with Crippen LogP contribution in [0.2, 0.25) is 0 Å². The lowest BCUT2D eigenvalue weighted by Gasteiger charge is -2.17. The SMILES string of the molecule is CCNC(=O)Nc1nc2c(-c3ncccc3F)cc(-c3ccc(C(C)(C)C)nc3)cc2[nH]1. The van der Waals surface area contributed by atoms with Crippen LogP contribution in [0.25, 0.3) is 33.4 Å². The second-order valence-electron chi connectivity index (χ2n) is 8.51. The number of amides is 2. The van der Waals surface area contributed by atoms with Gasteiger partial charge in [0.15, 0.2) is 0 Å². The molecule has 7 nitrogen and oxygen atoms in total. The molecule has 3 N–H and O–H groups in total. The van der Waals surface area contributed by atoms with Crippen molar-refractivity contribution in [2.24, 2.45) is 0 Å². The predicted octanol–water partition coefficient (Wildman–Crippen LogP) is 5.26. The zero-order chi connectivity index (χ0) is 22.9. The van der Waals surface area contributed by atoms with E-state index in [0.29, 0.717) is 23.1 Å². The number of imidazole rings is 1. The topological polar surface area (TPSA) is 95.6 Å². The number of pyridine rings is 2. The molecule has 0 fully saturated rings. The van der Waals surface area contributed by atoms with Gasteiger partial charge in [0.1, 0.15) is 17.0 Å². The Morgan fingerprint density at radius 2 is 1.94 bits per heavy atom. The summed E-state index contributed by atoms with van der Waals surface area (Å²) in [5.41, 5.74) is 4.50. The average molecular weight is 433 g/mol. The number of nitrogens with zero attached hydrogens (tertiary/aromatic N) is 3. The van der Waals surface area contributed by atoms with Crippen LogP contribution in [-0.4, -0.2) is 32.5 Å². The van der Waals surface area contributed by atoms with Gasteiger partial charge >= 0.3 is 6.03 Å². The molecule has 32 heavy (non-hydrogen) atoms. The second kappa shape index (κ2) is 8.37. The minimum Gasteiger partial charge on any atom is -0.338 e. The first-order chi connectivity index (χ1) is 15.3. The van der Waals surface area contributed by atoms with Crippen molar-refractivity contribution in [1.29, 1.82) is 0 Å². The van der Waals surface area contributed by atoms with E-state index in [2.05, 4.69) is 51.3 Å². The van der Waals surface area contributed by atoms with E-state index in [4.69, 9.17) is 0 Å². The van der Waals surface area contributed by atoms with Crippen molar-refractivity contribution in [1.82, 2.24) is 25.3 Å². The molecule has 0 aliphatic carbocycles. The maximum absolute atomic E-state index is 14.6. The molecule has 8 heteroatoms. The standard InChI is InChI=1S/C24H25FN6O/c1-5-26-23(32)31-22-29-18-12-15(14-8-9-19(28-13-14)24(2,3)4)11-16(21(18)30-22)20-17(25)7-6-10-27-20/h6-13H,5H2,1-4H3,(H3,26,29,30,31,32). The minimum atomic E-state index is -0.451. The fourth-order valence-electron chi connectivity index (χ4n) is 3.43. The fourth-order valence-corrected chi connectivity index (χ4v) is 3.43. The van der Waals surface area contributed by atoms with Crippen LogP contribution in [0.15, 0.2) is 48.8 Å². The molecule has 164 valence electrons. The first-order valence-corrected chi connectivity index (χ1v) is 10.4. The largest absolute Gasteiger partial charge is 0.338 e. The quantitative estimate of drug-likeness (QED) is 0.410. The van der Waals surface area contributed by atoms with Gasteiger partial charge < -0.3 is 10.3 Å². The van der Waals surface area contributed by atoms with Crippen LogP contribution in [0.3, 0.4) is 0 Å². The summed E-state index contributed by atoms with van der Waals surface area (Å²) in [6.07, 6.45) is 3.35. The highest BCUT2D eigenvalue weighted by atomic mass is 19.1. The number of halogens is 1. The van der Waals surface area contributed by atoms with Gasteiger partial charge in [0, 0.05) is 41.2 Å². The number of hydrogen-bond acceptors (Lipinski definition) is 4. The molecule has 0 spiro atoms. The number of aromatic amines is 1. The van der Waals surface area contributed by atoms with E-state index in [1.54, 1.807) is 6.07 Å². The smallest absolute Gasteiger partial charge is 0.321 e. The van der Waals surface area contributed by atoms with Crippen LogP contribution in [-0.2, 0) is 5.41 Å². The molecule has 2 amide bonds. The molecule has 0 radical (unpaired) electrons. The fraction of sp³-hybridized carbons (Fsp3) is 0.250. The number of benzene rings is 1. The van der Waals surface area contributed by atoms with Gasteiger partial charge in [-0.05, 0) is 42.8 Å². The lowest BCUT2D eigenvalue weighted by Crippen LogP contribution is -2.28. The van der Waals surface area contributed by atoms with E-state index in [1.165, 1.54) is 12.3 Å². The summed E-state index contributed by atoms with van der Waals surface area (Å²) >= 11 is 0. The molecule has 0 atom stereocenters. The predicted molar refractivity (Wildman–Crippen MR) is 124 cm³/mol.